The lowest BCUT2D eigenvalue weighted by molar-refractivity contribution is 0.342. The van der Waals surface area contributed by atoms with Crippen molar-refractivity contribution in [3.05, 3.63) is 58.6 Å². The first-order valence-corrected chi connectivity index (χ1v) is 10.2. The Labute approximate surface area is 168 Å². The monoisotopic (exact) mass is 392 g/mol. The molecule has 0 fully saturated rings. The number of benzene rings is 1. The van der Waals surface area contributed by atoms with Crippen molar-refractivity contribution in [1.29, 1.82) is 0 Å². The Morgan fingerprint density at radius 1 is 1.04 bits per heavy atom. The molecule has 0 amide bonds. The van der Waals surface area contributed by atoms with Gasteiger partial charge in [-0.25, -0.2) is 14.8 Å². The first-order valence-electron chi connectivity index (χ1n) is 9.34. The molecule has 4 rings (SSSR count). The molecule has 0 N–H and O–H groups in total. The van der Waals surface area contributed by atoms with Crippen LogP contribution in [0.3, 0.4) is 0 Å². The number of hydrogen-bond donors (Lipinski definition) is 0. The zero-order valence-electron chi connectivity index (χ0n) is 16.9. The topological polar surface area (TPSA) is 52.7 Å². The van der Waals surface area contributed by atoms with Crippen LogP contribution in [0.25, 0.3) is 32.3 Å². The molecule has 0 radical (unpaired) electrons. The van der Waals surface area contributed by atoms with Crippen LogP contribution in [0, 0.1) is 12.3 Å². The Morgan fingerprint density at radius 2 is 1.75 bits per heavy atom. The highest BCUT2D eigenvalue weighted by atomic mass is 32.1. The molecule has 0 aliphatic rings. The van der Waals surface area contributed by atoms with Crippen LogP contribution in [0.15, 0.2) is 47.3 Å². The molecular formula is C22H24N4OS. The van der Waals surface area contributed by atoms with E-state index >= 15 is 0 Å². The molecule has 3 heterocycles. The zero-order chi connectivity index (χ0) is 20.1. The highest BCUT2D eigenvalue weighted by molar-refractivity contribution is 7.18. The molecule has 6 heteroatoms. The number of nitrogens with zero attached hydrogens (tertiary/aromatic N) is 4. The largest absolute Gasteiger partial charge is 0.330 e. The third kappa shape index (κ3) is 3.29. The molecule has 0 atom stereocenters. The van der Waals surface area contributed by atoms with E-state index in [2.05, 4.69) is 32.9 Å². The van der Waals surface area contributed by atoms with Crippen molar-refractivity contribution in [2.45, 2.75) is 34.2 Å². The third-order valence-electron chi connectivity index (χ3n) is 4.66. The molecule has 1 aromatic carbocycles. The number of imidazole rings is 1. The number of aryl methyl sites for hydroxylation is 2. The summed E-state index contributed by atoms with van der Waals surface area (Å²) in [5.74, 6) is 0. The minimum atomic E-state index is -0.0272. The molecule has 4 aromatic rings. The molecule has 0 aliphatic heterocycles. The Kier molecular flexibility index (Phi) is 4.46. The quantitative estimate of drug-likeness (QED) is 0.499. The number of aromatic nitrogens is 4. The smallest absolute Gasteiger partial charge is 0.290 e. The van der Waals surface area contributed by atoms with Gasteiger partial charge in [-0.1, -0.05) is 51.1 Å². The lowest BCUT2D eigenvalue weighted by Crippen LogP contribution is -2.27. The van der Waals surface area contributed by atoms with Crippen molar-refractivity contribution in [2.75, 3.05) is 0 Å². The van der Waals surface area contributed by atoms with Gasteiger partial charge in [0.05, 0.1) is 21.8 Å². The van der Waals surface area contributed by atoms with E-state index in [9.17, 15) is 4.79 Å². The Hall–Kier alpha value is -2.73. The summed E-state index contributed by atoms with van der Waals surface area (Å²) in [7, 11) is 1.79. The Morgan fingerprint density at radius 3 is 2.43 bits per heavy atom. The normalized spacial score (nSPS) is 12.0. The number of hydrogen-bond acceptors (Lipinski definition) is 4. The van der Waals surface area contributed by atoms with Crippen molar-refractivity contribution in [2.24, 2.45) is 12.5 Å². The standard InChI is InChI=1S/C22H24N4OS/c1-14-18(28-20(23-14)15-9-7-6-8-10-15)16-11-12-17-19(24-16)25(5)21(27)26(17)13-22(2,3)4/h6-12H,13H2,1-5H3. The summed E-state index contributed by atoms with van der Waals surface area (Å²) in [5, 5.41) is 0.981. The summed E-state index contributed by atoms with van der Waals surface area (Å²) in [5.41, 5.74) is 4.48. The van der Waals surface area contributed by atoms with E-state index in [0.29, 0.717) is 12.2 Å². The fourth-order valence-electron chi connectivity index (χ4n) is 3.37. The SMILES string of the molecule is Cc1nc(-c2ccccc2)sc1-c1ccc2c(n1)n(C)c(=O)n2CC(C)(C)C. The van der Waals surface area contributed by atoms with E-state index in [1.807, 2.05) is 41.8 Å². The average Bonchev–Trinajstić information content (AvgIpc) is 3.15. The fraction of sp³-hybridized carbons (Fsp3) is 0.318. The van der Waals surface area contributed by atoms with Crippen LogP contribution < -0.4 is 5.69 Å². The van der Waals surface area contributed by atoms with E-state index in [0.717, 1.165) is 32.4 Å². The second-order valence-electron chi connectivity index (χ2n) is 8.33. The summed E-state index contributed by atoms with van der Waals surface area (Å²) in [6.45, 7) is 9.06. The van der Waals surface area contributed by atoms with Gasteiger partial charge in [0.1, 0.15) is 5.01 Å². The lowest BCUT2D eigenvalue weighted by Gasteiger charge is -2.18. The average molecular weight is 393 g/mol. The van der Waals surface area contributed by atoms with Gasteiger partial charge in [-0.05, 0) is 24.5 Å². The van der Waals surface area contributed by atoms with Crippen LogP contribution in [-0.4, -0.2) is 19.1 Å². The minimum Gasteiger partial charge on any atom is -0.290 e. The summed E-state index contributed by atoms with van der Waals surface area (Å²) in [4.78, 5) is 23.4. The zero-order valence-corrected chi connectivity index (χ0v) is 17.7. The van der Waals surface area contributed by atoms with Gasteiger partial charge >= 0.3 is 5.69 Å². The highest BCUT2D eigenvalue weighted by Gasteiger charge is 2.20. The maximum atomic E-state index is 12.7. The fourth-order valence-corrected chi connectivity index (χ4v) is 4.41. The first kappa shape index (κ1) is 18.6. The van der Waals surface area contributed by atoms with Gasteiger partial charge in [0.25, 0.3) is 0 Å². The van der Waals surface area contributed by atoms with Crippen LogP contribution in [0.1, 0.15) is 26.5 Å². The summed E-state index contributed by atoms with van der Waals surface area (Å²) in [6, 6.07) is 14.2. The van der Waals surface area contributed by atoms with Crippen LogP contribution >= 0.6 is 11.3 Å². The Bertz CT molecular complexity index is 1210. The molecule has 0 saturated heterocycles. The molecule has 0 bridgehead atoms. The molecule has 3 aromatic heterocycles. The molecular weight excluding hydrogens is 368 g/mol. The van der Waals surface area contributed by atoms with E-state index in [1.165, 1.54) is 0 Å². The van der Waals surface area contributed by atoms with Gasteiger partial charge in [-0.3, -0.25) is 9.13 Å². The Balaban J connectivity index is 1.82. The van der Waals surface area contributed by atoms with Crippen molar-refractivity contribution in [1.82, 2.24) is 19.1 Å². The summed E-state index contributed by atoms with van der Waals surface area (Å²) >= 11 is 1.63. The predicted octanol–water partition coefficient (Wildman–Crippen LogP) is 4.88. The summed E-state index contributed by atoms with van der Waals surface area (Å²) < 4.78 is 3.46. The van der Waals surface area contributed by atoms with Crippen LogP contribution in [0.4, 0.5) is 0 Å². The maximum absolute atomic E-state index is 12.7. The molecule has 5 nitrogen and oxygen atoms in total. The number of fused-ring (bicyclic) bond motifs is 1. The van der Waals surface area contributed by atoms with Crippen molar-refractivity contribution in [3.8, 4) is 21.1 Å². The minimum absolute atomic E-state index is 0.00955. The second-order valence-corrected chi connectivity index (χ2v) is 9.33. The van der Waals surface area contributed by atoms with Gasteiger partial charge in [-0.15, -0.1) is 11.3 Å². The third-order valence-corrected chi connectivity index (χ3v) is 5.89. The molecule has 28 heavy (non-hydrogen) atoms. The number of thiazole rings is 1. The molecule has 0 saturated carbocycles. The van der Waals surface area contributed by atoms with E-state index in [1.54, 1.807) is 23.0 Å². The van der Waals surface area contributed by atoms with Crippen LogP contribution in [0.5, 0.6) is 0 Å². The predicted molar refractivity (Wildman–Crippen MR) is 116 cm³/mol. The summed E-state index contributed by atoms with van der Waals surface area (Å²) in [6.07, 6.45) is 0. The van der Waals surface area contributed by atoms with E-state index < -0.39 is 0 Å². The lowest BCUT2D eigenvalue weighted by atomic mass is 9.97. The number of rotatable bonds is 3. The molecule has 144 valence electrons. The van der Waals surface area contributed by atoms with Crippen molar-refractivity contribution >= 4 is 22.5 Å². The van der Waals surface area contributed by atoms with Crippen LogP contribution in [0.2, 0.25) is 0 Å². The van der Waals surface area contributed by atoms with Gasteiger partial charge < -0.3 is 0 Å². The second kappa shape index (κ2) is 6.71. The van der Waals surface area contributed by atoms with E-state index in [-0.39, 0.29) is 11.1 Å². The highest BCUT2D eigenvalue weighted by Crippen LogP contribution is 2.34. The maximum Gasteiger partial charge on any atom is 0.330 e. The van der Waals surface area contributed by atoms with Gasteiger partial charge in [0.2, 0.25) is 0 Å². The first-order chi connectivity index (χ1) is 13.2. The molecule has 0 aliphatic carbocycles. The van der Waals surface area contributed by atoms with Gasteiger partial charge in [0.15, 0.2) is 5.65 Å². The van der Waals surface area contributed by atoms with Crippen LogP contribution in [-0.2, 0) is 13.6 Å². The molecule has 0 spiro atoms. The van der Waals surface area contributed by atoms with Gasteiger partial charge in [0, 0.05) is 19.2 Å². The number of pyridine rings is 1. The van der Waals surface area contributed by atoms with Gasteiger partial charge in [-0.2, -0.15) is 0 Å². The molecule has 0 unspecified atom stereocenters. The van der Waals surface area contributed by atoms with E-state index in [4.69, 9.17) is 9.97 Å². The van der Waals surface area contributed by atoms with Crippen molar-refractivity contribution in [3.63, 3.8) is 0 Å². The van der Waals surface area contributed by atoms with Crippen molar-refractivity contribution < 1.29 is 0 Å².